The molecular formula is C58H43N3OS. The molecule has 6 atom stereocenters. The number of thioether (sulfide) groups is 1. The molecule has 4 nitrogen and oxygen atoms in total. The number of benzene rings is 4. The third-order valence-electron chi connectivity index (χ3n) is 14.1. The fourth-order valence-corrected chi connectivity index (χ4v) is 12.6. The summed E-state index contributed by atoms with van der Waals surface area (Å²) in [5.41, 5.74) is 15.5. The van der Waals surface area contributed by atoms with E-state index in [1.54, 1.807) is 0 Å². The average Bonchev–Trinajstić information content (AvgIpc) is 4.02. The van der Waals surface area contributed by atoms with Crippen LogP contribution >= 0.6 is 11.8 Å². The van der Waals surface area contributed by atoms with Gasteiger partial charge in [0.25, 0.3) is 0 Å². The standard InChI is InChI=1S/C58H43N3OS/c1-3-13-43(51-16-7-9-29-59-51)41(11-1)38-20-25-55-47(33-38)48-35-40(23-26-56(48)62-55)61-53-18-6-5-15-45(53)46-31-36(19-24-54(46)61)37-21-27-57-49(32-37)50-34-39(22-28-58(50)63-57)42-12-2-4-14-44(42)52-17-8-10-30-60-52/h1-10,12-32,34-35,38,41,49-50,57-58H,11,33H2. The Kier molecular flexibility index (Phi) is 8.65. The molecule has 0 saturated carbocycles. The number of fused-ring (bicyclic) bond motifs is 9. The molecule has 1 fully saturated rings. The molecule has 1 aliphatic heterocycles. The number of para-hydroxylation sites is 1. The van der Waals surface area contributed by atoms with E-state index in [9.17, 15) is 0 Å². The molecule has 8 aromatic rings. The summed E-state index contributed by atoms with van der Waals surface area (Å²) in [7, 11) is 0. The smallest absolute Gasteiger partial charge is 0.135 e. The van der Waals surface area contributed by atoms with Crippen molar-refractivity contribution in [2.75, 3.05) is 0 Å². The first-order valence-electron chi connectivity index (χ1n) is 22.2. The molecule has 5 heterocycles. The monoisotopic (exact) mass is 829 g/mol. The summed E-state index contributed by atoms with van der Waals surface area (Å²) in [5.74, 6) is 2.51. The Balaban J connectivity index is 0.840. The van der Waals surface area contributed by atoms with Crippen LogP contribution < -0.4 is 0 Å². The van der Waals surface area contributed by atoms with Gasteiger partial charge in [0.05, 0.1) is 22.4 Å². The van der Waals surface area contributed by atoms with Crippen LogP contribution in [0, 0.1) is 23.7 Å². The Morgan fingerprint density at radius 2 is 1.37 bits per heavy atom. The van der Waals surface area contributed by atoms with E-state index in [2.05, 4.69) is 192 Å². The van der Waals surface area contributed by atoms with Crippen LogP contribution in [0.5, 0.6) is 0 Å². The molecule has 6 unspecified atom stereocenters. The summed E-state index contributed by atoms with van der Waals surface area (Å²) in [4.78, 5) is 9.45. The summed E-state index contributed by atoms with van der Waals surface area (Å²) in [6, 6.07) is 43.8. The molecule has 4 aromatic carbocycles. The minimum absolute atomic E-state index is 0.348. The molecule has 302 valence electrons. The van der Waals surface area contributed by atoms with E-state index >= 15 is 0 Å². The minimum Gasteiger partial charge on any atom is -0.456 e. The quantitative estimate of drug-likeness (QED) is 0.167. The van der Waals surface area contributed by atoms with Crippen molar-refractivity contribution in [1.29, 1.82) is 0 Å². The maximum Gasteiger partial charge on any atom is 0.135 e. The van der Waals surface area contributed by atoms with Crippen LogP contribution in [0.15, 0.2) is 199 Å². The van der Waals surface area contributed by atoms with Gasteiger partial charge in [-0.05, 0) is 119 Å². The van der Waals surface area contributed by atoms with E-state index in [-0.39, 0.29) is 0 Å². The van der Waals surface area contributed by atoms with Crippen molar-refractivity contribution in [3.05, 3.63) is 223 Å². The van der Waals surface area contributed by atoms with Gasteiger partial charge >= 0.3 is 0 Å². The van der Waals surface area contributed by atoms with Gasteiger partial charge in [-0.1, -0.05) is 121 Å². The van der Waals surface area contributed by atoms with E-state index in [4.69, 9.17) is 14.4 Å². The van der Waals surface area contributed by atoms with Crippen molar-refractivity contribution in [2.45, 2.75) is 23.3 Å². The zero-order valence-electron chi connectivity index (χ0n) is 34.6. The predicted molar refractivity (Wildman–Crippen MR) is 262 cm³/mol. The first kappa shape index (κ1) is 36.7. The van der Waals surface area contributed by atoms with Gasteiger partial charge in [-0.15, -0.1) is 11.8 Å². The number of pyridine rings is 2. The van der Waals surface area contributed by atoms with Crippen molar-refractivity contribution < 1.29 is 4.42 Å². The Morgan fingerprint density at radius 3 is 2.21 bits per heavy atom. The van der Waals surface area contributed by atoms with E-state index < -0.39 is 0 Å². The molecule has 0 bridgehead atoms. The lowest BCUT2D eigenvalue weighted by atomic mass is 9.75. The van der Waals surface area contributed by atoms with Crippen molar-refractivity contribution in [3.8, 4) is 16.9 Å². The molecule has 4 aromatic heterocycles. The second kappa shape index (κ2) is 14.9. The lowest BCUT2D eigenvalue weighted by Gasteiger charge is -2.29. The van der Waals surface area contributed by atoms with E-state index in [0.29, 0.717) is 34.2 Å². The molecule has 13 rings (SSSR count). The zero-order valence-corrected chi connectivity index (χ0v) is 35.4. The van der Waals surface area contributed by atoms with Crippen molar-refractivity contribution in [3.63, 3.8) is 0 Å². The lowest BCUT2D eigenvalue weighted by molar-refractivity contribution is 0.476. The van der Waals surface area contributed by atoms with Crippen LogP contribution in [0.4, 0.5) is 0 Å². The highest BCUT2D eigenvalue weighted by molar-refractivity contribution is 8.01. The minimum atomic E-state index is 0.348. The predicted octanol–water partition coefficient (Wildman–Crippen LogP) is 14.2. The zero-order chi connectivity index (χ0) is 41.4. The molecule has 1 saturated heterocycles. The van der Waals surface area contributed by atoms with Crippen LogP contribution in [0.3, 0.4) is 0 Å². The molecule has 5 heteroatoms. The summed E-state index contributed by atoms with van der Waals surface area (Å²) in [6.07, 6.45) is 31.7. The largest absolute Gasteiger partial charge is 0.456 e. The summed E-state index contributed by atoms with van der Waals surface area (Å²) < 4.78 is 8.97. The third kappa shape index (κ3) is 6.12. The van der Waals surface area contributed by atoms with Gasteiger partial charge < -0.3 is 8.98 Å². The summed E-state index contributed by atoms with van der Waals surface area (Å²) in [5, 5.41) is 4.63. The summed E-state index contributed by atoms with van der Waals surface area (Å²) in [6.45, 7) is 0. The number of aromatic nitrogens is 3. The van der Waals surface area contributed by atoms with Crippen molar-refractivity contribution in [2.24, 2.45) is 23.7 Å². The van der Waals surface area contributed by atoms with Crippen LogP contribution in [0.25, 0.3) is 72.5 Å². The second-order valence-corrected chi connectivity index (χ2v) is 18.8. The first-order valence-corrected chi connectivity index (χ1v) is 23.2. The maximum absolute atomic E-state index is 6.52. The topological polar surface area (TPSA) is 43.9 Å². The van der Waals surface area contributed by atoms with Gasteiger partial charge in [0.15, 0.2) is 0 Å². The summed E-state index contributed by atoms with van der Waals surface area (Å²) >= 11 is 2.10. The number of hydrogen-bond donors (Lipinski definition) is 0. The molecule has 0 spiro atoms. The molecule has 63 heavy (non-hydrogen) atoms. The number of rotatable bonds is 6. The fourth-order valence-electron chi connectivity index (χ4n) is 11.1. The van der Waals surface area contributed by atoms with Gasteiger partial charge in [0, 0.05) is 67.7 Å². The van der Waals surface area contributed by atoms with Crippen LogP contribution in [0.2, 0.25) is 0 Å². The Morgan fingerprint density at radius 1 is 0.619 bits per heavy atom. The molecule has 4 aliphatic carbocycles. The van der Waals surface area contributed by atoms with Crippen LogP contribution in [-0.2, 0) is 6.42 Å². The van der Waals surface area contributed by atoms with E-state index in [1.807, 2.05) is 24.5 Å². The normalized spacial score (nSPS) is 23.4. The SMILES string of the molecule is C1=CCC(C2C=Cc3oc4ccc(-n5c6ccccc6c6cc(C7=CC8C(C=C7)SC7C=CC(c9ccccc9-c9ccccn9)=CC78)ccc65)cc4c3C2)C(c2ccccn2)=C1. The molecule has 5 aliphatic rings. The Hall–Kier alpha value is -6.95. The third-order valence-corrected chi connectivity index (χ3v) is 15.6. The number of allylic oxidation sites excluding steroid dienone is 11. The van der Waals surface area contributed by atoms with E-state index in [1.165, 1.54) is 66.2 Å². The molecular weight excluding hydrogens is 787 g/mol. The van der Waals surface area contributed by atoms with Gasteiger partial charge in [-0.2, -0.15) is 0 Å². The maximum atomic E-state index is 6.52. The second-order valence-electron chi connectivity index (χ2n) is 17.5. The Bertz CT molecular complexity index is 3360. The van der Waals surface area contributed by atoms with Gasteiger partial charge in [0.2, 0.25) is 0 Å². The molecule has 0 amide bonds. The number of furan rings is 1. The highest BCUT2D eigenvalue weighted by Gasteiger charge is 2.42. The van der Waals surface area contributed by atoms with Gasteiger partial charge in [0.1, 0.15) is 11.3 Å². The Labute approximate surface area is 371 Å². The van der Waals surface area contributed by atoms with Crippen molar-refractivity contribution in [1.82, 2.24) is 14.5 Å². The average molecular weight is 830 g/mol. The van der Waals surface area contributed by atoms with Crippen LogP contribution in [-0.4, -0.2) is 25.0 Å². The van der Waals surface area contributed by atoms with Crippen LogP contribution in [0.1, 0.15) is 34.6 Å². The van der Waals surface area contributed by atoms with Crippen molar-refractivity contribution >= 4 is 67.3 Å². The first-order chi connectivity index (χ1) is 31.2. The highest BCUT2D eigenvalue weighted by atomic mass is 32.2. The van der Waals surface area contributed by atoms with Gasteiger partial charge in [-0.25, -0.2) is 0 Å². The van der Waals surface area contributed by atoms with Gasteiger partial charge in [-0.3, -0.25) is 9.97 Å². The number of hydrogen-bond acceptors (Lipinski definition) is 4. The number of nitrogens with zero attached hydrogens (tertiary/aromatic N) is 3. The highest BCUT2D eigenvalue weighted by Crippen LogP contribution is 2.52. The molecule has 0 radical (unpaired) electrons. The lowest BCUT2D eigenvalue weighted by Crippen LogP contribution is -2.20. The van der Waals surface area contributed by atoms with E-state index in [0.717, 1.165) is 41.3 Å². The fraction of sp³-hybridized carbons (Fsp3) is 0.138. The molecule has 0 N–H and O–H groups in total.